The number of rotatable bonds is 1. The lowest BCUT2D eigenvalue weighted by molar-refractivity contribution is -0.0196. The Bertz CT molecular complexity index is 368. The molecule has 4 saturated carbocycles. The number of allylic oxidation sites excluding steroid dienone is 5. The normalized spacial score (nSPS) is 48.9. The molecule has 0 N–H and O–H groups in total. The largest absolute Gasteiger partial charge is 0.0915 e. The maximum absolute atomic E-state index is 4.21. The van der Waals surface area contributed by atoms with Crippen molar-refractivity contribution < 1.29 is 0 Å². The Morgan fingerprint density at radius 1 is 0.938 bits per heavy atom. The highest BCUT2D eigenvalue weighted by molar-refractivity contribution is 5.48. The molecule has 4 fully saturated rings. The Labute approximate surface area is 98.1 Å². The van der Waals surface area contributed by atoms with Gasteiger partial charge >= 0.3 is 0 Å². The van der Waals surface area contributed by atoms with E-state index >= 15 is 0 Å². The van der Waals surface area contributed by atoms with Gasteiger partial charge in [-0.05, 0) is 72.8 Å². The van der Waals surface area contributed by atoms with Crippen LogP contribution in [-0.4, -0.2) is 0 Å². The van der Waals surface area contributed by atoms with Crippen LogP contribution in [0.1, 0.15) is 32.1 Å². The first-order valence-corrected chi connectivity index (χ1v) is 6.89. The molecular formula is C16H20. The molecule has 0 aliphatic heterocycles. The Morgan fingerprint density at radius 3 is 2.06 bits per heavy atom. The van der Waals surface area contributed by atoms with Gasteiger partial charge in [0.25, 0.3) is 0 Å². The summed E-state index contributed by atoms with van der Waals surface area (Å²) >= 11 is 0. The lowest BCUT2D eigenvalue weighted by Crippen LogP contribution is -2.45. The summed E-state index contributed by atoms with van der Waals surface area (Å²) in [6.45, 7) is 4.21. The van der Waals surface area contributed by atoms with Crippen molar-refractivity contribution in [1.82, 2.24) is 0 Å². The van der Waals surface area contributed by atoms with Gasteiger partial charge in [-0.1, -0.05) is 24.8 Å². The Kier molecular flexibility index (Phi) is 1.81. The molecule has 0 saturated heterocycles. The summed E-state index contributed by atoms with van der Waals surface area (Å²) in [5.74, 6) is 5.04. The number of hydrogen-bond donors (Lipinski definition) is 0. The third-order valence-electron chi connectivity index (χ3n) is 5.53. The zero-order chi connectivity index (χ0) is 10.7. The van der Waals surface area contributed by atoms with Crippen molar-refractivity contribution >= 4 is 0 Å². The van der Waals surface area contributed by atoms with Crippen LogP contribution in [0.15, 0.2) is 36.0 Å². The molecule has 0 heterocycles. The fourth-order valence-corrected chi connectivity index (χ4v) is 5.23. The van der Waals surface area contributed by atoms with Gasteiger partial charge in [0.1, 0.15) is 0 Å². The van der Waals surface area contributed by atoms with Crippen molar-refractivity contribution in [3.05, 3.63) is 36.0 Å². The predicted octanol–water partition coefficient (Wildman–Crippen LogP) is 4.11. The SMILES string of the molecule is C=C1C=CC=C1C1C2CC3CC(C2)CC1C3. The van der Waals surface area contributed by atoms with Gasteiger partial charge in [-0.3, -0.25) is 0 Å². The van der Waals surface area contributed by atoms with Gasteiger partial charge in [-0.15, -0.1) is 0 Å². The average Bonchev–Trinajstić information content (AvgIpc) is 2.63. The fraction of sp³-hybridized carbons (Fsp3) is 0.625. The second-order valence-electron chi connectivity index (χ2n) is 6.46. The van der Waals surface area contributed by atoms with Gasteiger partial charge in [-0.25, -0.2) is 0 Å². The monoisotopic (exact) mass is 212 g/mol. The lowest BCUT2D eigenvalue weighted by atomic mass is 9.50. The van der Waals surface area contributed by atoms with E-state index in [-0.39, 0.29) is 0 Å². The smallest absolute Gasteiger partial charge is 0.00991 e. The van der Waals surface area contributed by atoms with E-state index in [2.05, 4.69) is 24.8 Å². The maximum Gasteiger partial charge on any atom is -0.00991 e. The van der Waals surface area contributed by atoms with E-state index in [4.69, 9.17) is 0 Å². The van der Waals surface area contributed by atoms with Crippen LogP contribution in [0.2, 0.25) is 0 Å². The Hall–Kier alpha value is -0.780. The van der Waals surface area contributed by atoms with Crippen LogP contribution in [0.3, 0.4) is 0 Å². The molecule has 0 spiro atoms. The van der Waals surface area contributed by atoms with Crippen LogP contribution in [0, 0.1) is 29.6 Å². The zero-order valence-corrected chi connectivity index (χ0v) is 9.86. The van der Waals surface area contributed by atoms with Crippen molar-refractivity contribution in [2.45, 2.75) is 32.1 Å². The molecule has 0 unspecified atom stereocenters. The van der Waals surface area contributed by atoms with E-state index < -0.39 is 0 Å². The molecule has 0 aromatic carbocycles. The quantitative estimate of drug-likeness (QED) is 0.613. The molecule has 4 bridgehead atoms. The highest BCUT2D eigenvalue weighted by Crippen LogP contribution is 2.59. The van der Waals surface area contributed by atoms with Gasteiger partial charge in [0, 0.05) is 0 Å². The minimum atomic E-state index is 0.871. The van der Waals surface area contributed by atoms with E-state index in [1.54, 1.807) is 12.0 Å². The first-order chi connectivity index (χ1) is 7.81. The zero-order valence-electron chi connectivity index (χ0n) is 9.86. The highest BCUT2D eigenvalue weighted by Gasteiger charge is 2.49. The molecule has 0 aromatic heterocycles. The molecule has 0 aromatic rings. The minimum Gasteiger partial charge on any atom is -0.0915 e. The molecule has 0 atom stereocenters. The fourth-order valence-electron chi connectivity index (χ4n) is 5.23. The van der Waals surface area contributed by atoms with E-state index in [1.165, 1.54) is 31.3 Å². The first-order valence-electron chi connectivity index (χ1n) is 6.89. The van der Waals surface area contributed by atoms with Crippen LogP contribution < -0.4 is 0 Å². The van der Waals surface area contributed by atoms with E-state index in [0.717, 1.165) is 29.6 Å². The van der Waals surface area contributed by atoms with Crippen molar-refractivity contribution in [3.63, 3.8) is 0 Å². The van der Waals surface area contributed by atoms with Crippen LogP contribution in [0.25, 0.3) is 0 Å². The average molecular weight is 212 g/mol. The second-order valence-corrected chi connectivity index (χ2v) is 6.46. The summed E-state index contributed by atoms with van der Waals surface area (Å²) in [6.07, 6.45) is 14.4. The summed E-state index contributed by atoms with van der Waals surface area (Å²) in [7, 11) is 0. The summed E-state index contributed by atoms with van der Waals surface area (Å²) in [5, 5.41) is 0. The molecule has 84 valence electrons. The molecule has 5 aliphatic rings. The molecular weight excluding hydrogens is 192 g/mol. The maximum atomic E-state index is 4.21. The first kappa shape index (κ1) is 9.27. The summed E-state index contributed by atoms with van der Waals surface area (Å²) in [5.41, 5.74) is 2.89. The molecule has 0 amide bonds. The van der Waals surface area contributed by atoms with Crippen molar-refractivity contribution in [2.24, 2.45) is 29.6 Å². The van der Waals surface area contributed by atoms with Crippen LogP contribution in [0.4, 0.5) is 0 Å². The van der Waals surface area contributed by atoms with Crippen molar-refractivity contribution in [3.8, 4) is 0 Å². The van der Waals surface area contributed by atoms with E-state index in [1.807, 2.05) is 0 Å². The molecule has 0 radical (unpaired) electrons. The molecule has 0 heteroatoms. The van der Waals surface area contributed by atoms with Crippen LogP contribution >= 0.6 is 0 Å². The van der Waals surface area contributed by atoms with Crippen LogP contribution in [0.5, 0.6) is 0 Å². The Morgan fingerprint density at radius 2 is 1.56 bits per heavy atom. The Balaban J connectivity index is 1.68. The molecule has 16 heavy (non-hydrogen) atoms. The molecule has 5 rings (SSSR count). The third-order valence-corrected chi connectivity index (χ3v) is 5.53. The topological polar surface area (TPSA) is 0 Å². The van der Waals surface area contributed by atoms with Gasteiger partial charge in [0.15, 0.2) is 0 Å². The van der Waals surface area contributed by atoms with Gasteiger partial charge in [0.05, 0.1) is 0 Å². The summed E-state index contributed by atoms with van der Waals surface area (Å²) in [4.78, 5) is 0. The summed E-state index contributed by atoms with van der Waals surface area (Å²) < 4.78 is 0. The summed E-state index contributed by atoms with van der Waals surface area (Å²) in [6, 6.07) is 0. The lowest BCUT2D eigenvalue weighted by Gasteiger charge is -2.55. The third kappa shape index (κ3) is 1.16. The molecule has 0 nitrogen and oxygen atoms in total. The standard InChI is InChI=1S/C16H20/c1-10-3-2-4-15(10)16-13-6-11-5-12(8-13)9-14(16)7-11/h2-4,11-14,16H,1,5-9H2. The highest BCUT2D eigenvalue weighted by atomic mass is 14.5. The van der Waals surface area contributed by atoms with Crippen molar-refractivity contribution in [2.75, 3.05) is 0 Å². The second kappa shape index (κ2) is 3.12. The van der Waals surface area contributed by atoms with Gasteiger partial charge < -0.3 is 0 Å². The van der Waals surface area contributed by atoms with Crippen molar-refractivity contribution in [1.29, 1.82) is 0 Å². The van der Waals surface area contributed by atoms with Crippen LogP contribution in [-0.2, 0) is 0 Å². The van der Waals surface area contributed by atoms with Gasteiger partial charge in [-0.2, -0.15) is 0 Å². The van der Waals surface area contributed by atoms with E-state index in [9.17, 15) is 0 Å². The predicted molar refractivity (Wildman–Crippen MR) is 66.9 cm³/mol. The minimum absolute atomic E-state index is 0.871. The molecule has 5 aliphatic carbocycles. The van der Waals surface area contributed by atoms with Gasteiger partial charge in [0.2, 0.25) is 0 Å². The van der Waals surface area contributed by atoms with E-state index in [0.29, 0.717) is 0 Å². The number of hydrogen-bond acceptors (Lipinski definition) is 0.